The van der Waals surface area contributed by atoms with Crippen LogP contribution in [0.15, 0.2) is 163 Å². The Labute approximate surface area is 306 Å². The molecule has 0 saturated carbocycles. The third-order valence-corrected chi connectivity index (χ3v) is 11.8. The van der Waals surface area contributed by atoms with Gasteiger partial charge < -0.3 is 4.90 Å². The summed E-state index contributed by atoms with van der Waals surface area (Å²) in [5.74, 6) is 0.387. The van der Waals surface area contributed by atoms with Gasteiger partial charge in [0.05, 0.1) is 6.04 Å². The maximum Gasteiger partial charge on any atom is 0.0626 e. The highest BCUT2D eigenvalue weighted by Gasteiger charge is 2.38. The van der Waals surface area contributed by atoms with E-state index in [2.05, 4.69) is 164 Å². The van der Waals surface area contributed by atoms with Crippen molar-refractivity contribution in [3.63, 3.8) is 0 Å². The molecule has 3 aliphatic carbocycles. The topological polar surface area (TPSA) is 16.1 Å². The summed E-state index contributed by atoms with van der Waals surface area (Å²) < 4.78 is 0. The highest BCUT2D eigenvalue weighted by atomic mass is 15.2. The lowest BCUT2D eigenvalue weighted by atomic mass is 9.77. The lowest BCUT2D eigenvalue weighted by Crippen LogP contribution is -2.32. The Hall–Kier alpha value is -5.73. The van der Waals surface area contributed by atoms with Gasteiger partial charge in [0.15, 0.2) is 0 Å². The van der Waals surface area contributed by atoms with Crippen molar-refractivity contribution in [2.45, 2.75) is 51.5 Å². The first-order valence-corrected chi connectivity index (χ1v) is 18.8. The summed E-state index contributed by atoms with van der Waals surface area (Å²) in [7, 11) is 0. The number of aryl methyl sites for hydroxylation is 2. The van der Waals surface area contributed by atoms with Crippen LogP contribution in [0.1, 0.15) is 43.9 Å². The first kappa shape index (κ1) is 31.0. The number of aromatic nitrogens is 1. The lowest BCUT2D eigenvalue weighted by Gasteiger charge is -2.31. The van der Waals surface area contributed by atoms with Crippen molar-refractivity contribution in [2.24, 2.45) is 5.92 Å². The smallest absolute Gasteiger partial charge is 0.0626 e. The molecule has 2 heteroatoms. The molecule has 0 radical (unpaired) electrons. The molecule has 10 rings (SSSR count). The summed E-state index contributed by atoms with van der Waals surface area (Å²) in [5.41, 5.74) is 16.0. The van der Waals surface area contributed by atoms with Crippen molar-refractivity contribution < 1.29 is 0 Å². The molecule has 5 aromatic carbocycles. The van der Waals surface area contributed by atoms with Gasteiger partial charge in [0.1, 0.15) is 0 Å². The number of rotatable bonds is 4. The van der Waals surface area contributed by atoms with Gasteiger partial charge in [-0.15, -0.1) is 0 Å². The zero-order valence-corrected chi connectivity index (χ0v) is 30.1. The number of fused-ring (bicyclic) bond motifs is 2. The SMILES string of the molecule is CC(C)(C)c1cc2c3c(ccc4c(-c5cccc(N6C7=C(CC=CC=C7)C7C=CC=CC76)c5)cc(-c5ccc(-c6cccnc6)cc5)c(c43)CC2)c1. The Bertz CT molecular complexity index is 2570. The van der Waals surface area contributed by atoms with Gasteiger partial charge in [0.25, 0.3) is 0 Å². The van der Waals surface area contributed by atoms with Gasteiger partial charge in [0, 0.05) is 29.7 Å². The van der Waals surface area contributed by atoms with Crippen LogP contribution in [-0.2, 0) is 18.3 Å². The van der Waals surface area contributed by atoms with Gasteiger partial charge in [-0.05, 0) is 132 Å². The second-order valence-corrected chi connectivity index (χ2v) is 15.8. The average Bonchev–Trinajstić information content (AvgIpc) is 3.29. The van der Waals surface area contributed by atoms with Crippen LogP contribution in [0.4, 0.5) is 5.69 Å². The van der Waals surface area contributed by atoms with Crippen LogP contribution in [0, 0.1) is 5.92 Å². The van der Waals surface area contributed by atoms with Gasteiger partial charge in [-0.1, -0.05) is 130 Å². The number of benzene rings is 5. The molecule has 2 nitrogen and oxygen atoms in total. The van der Waals surface area contributed by atoms with Crippen molar-refractivity contribution in [3.05, 3.63) is 180 Å². The summed E-state index contributed by atoms with van der Waals surface area (Å²) in [6, 6.07) is 35.1. The maximum atomic E-state index is 4.37. The fraction of sp³-hybridized carbons (Fsp3) is 0.180. The standard InChI is InChI=1S/C50H42N2/c1-50(2,3)38-27-35-22-24-42-44(33-20-18-32(19-21-33)37-12-10-26-51-31-37)30-45(43-25-23-36(28-38)48(35)49(42)43)34-11-9-13-39(29-34)52-46-16-6-4-5-14-40(46)41-15-7-8-17-47(41)52/h4-13,15-21,23,25-31,41,47H,14,22,24H2,1-3H3. The molecule has 2 atom stereocenters. The molecule has 2 unspecified atom stereocenters. The van der Waals surface area contributed by atoms with Gasteiger partial charge in [-0.25, -0.2) is 0 Å². The highest BCUT2D eigenvalue weighted by molar-refractivity contribution is 6.17. The van der Waals surface area contributed by atoms with Crippen molar-refractivity contribution in [1.82, 2.24) is 4.98 Å². The summed E-state index contributed by atoms with van der Waals surface area (Å²) >= 11 is 0. The van der Waals surface area contributed by atoms with E-state index >= 15 is 0 Å². The number of hydrogen-bond acceptors (Lipinski definition) is 2. The molecular weight excluding hydrogens is 629 g/mol. The fourth-order valence-corrected chi connectivity index (χ4v) is 9.19. The van der Waals surface area contributed by atoms with E-state index in [0.29, 0.717) is 5.92 Å². The second-order valence-electron chi connectivity index (χ2n) is 15.8. The molecule has 1 aliphatic heterocycles. The predicted octanol–water partition coefficient (Wildman–Crippen LogP) is 12.5. The van der Waals surface area contributed by atoms with Gasteiger partial charge in [-0.2, -0.15) is 0 Å². The number of allylic oxidation sites excluding steroid dienone is 6. The van der Waals surface area contributed by atoms with Crippen LogP contribution >= 0.6 is 0 Å². The predicted molar refractivity (Wildman–Crippen MR) is 220 cm³/mol. The summed E-state index contributed by atoms with van der Waals surface area (Å²) in [5, 5.41) is 5.56. The van der Waals surface area contributed by atoms with Crippen LogP contribution in [0.5, 0.6) is 0 Å². The Balaban J connectivity index is 1.19. The Morgan fingerprint density at radius 1 is 0.692 bits per heavy atom. The molecular formula is C50H42N2. The largest absolute Gasteiger partial charge is 0.334 e. The number of nitrogens with zero attached hydrogens (tertiary/aromatic N) is 2. The van der Waals surface area contributed by atoms with E-state index in [1.807, 2.05) is 18.5 Å². The molecule has 52 heavy (non-hydrogen) atoms. The third-order valence-electron chi connectivity index (χ3n) is 11.8. The van der Waals surface area contributed by atoms with E-state index in [1.165, 1.54) is 83.0 Å². The zero-order chi connectivity index (χ0) is 35.0. The van der Waals surface area contributed by atoms with Crippen LogP contribution in [0.2, 0.25) is 0 Å². The van der Waals surface area contributed by atoms with Crippen LogP contribution < -0.4 is 4.90 Å². The molecule has 0 amide bonds. The van der Waals surface area contributed by atoms with Crippen molar-refractivity contribution in [3.8, 4) is 33.4 Å². The van der Waals surface area contributed by atoms with Gasteiger partial charge >= 0.3 is 0 Å². The minimum absolute atomic E-state index is 0.0964. The van der Waals surface area contributed by atoms with Gasteiger partial charge in [0.2, 0.25) is 0 Å². The maximum absolute atomic E-state index is 4.37. The Kier molecular flexibility index (Phi) is 7.12. The molecule has 2 heterocycles. The number of hydrogen-bond donors (Lipinski definition) is 0. The van der Waals surface area contributed by atoms with E-state index < -0.39 is 0 Å². The minimum Gasteiger partial charge on any atom is -0.334 e. The molecule has 0 bridgehead atoms. The number of anilines is 1. The quantitative estimate of drug-likeness (QED) is 0.174. The average molecular weight is 671 g/mol. The Morgan fingerprint density at radius 3 is 2.38 bits per heavy atom. The van der Waals surface area contributed by atoms with E-state index in [1.54, 1.807) is 0 Å². The molecule has 252 valence electrons. The summed E-state index contributed by atoms with van der Waals surface area (Å²) in [4.78, 5) is 6.95. The molecule has 0 saturated heterocycles. The van der Waals surface area contributed by atoms with Crippen LogP contribution in [0.25, 0.3) is 54.9 Å². The summed E-state index contributed by atoms with van der Waals surface area (Å²) in [6.45, 7) is 6.99. The molecule has 0 fully saturated rings. The molecule has 1 aromatic heterocycles. The van der Waals surface area contributed by atoms with Crippen molar-refractivity contribution >= 4 is 27.2 Å². The number of pyridine rings is 1. The monoisotopic (exact) mass is 670 g/mol. The van der Waals surface area contributed by atoms with Gasteiger partial charge in [-0.3, -0.25) is 4.98 Å². The summed E-state index contributed by atoms with van der Waals surface area (Å²) in [6.07, 6.45) is 25.1. The normalized spacial score (nSPS) is 18.8. The van der Waals surface area contributed by atoms with E-state index in [0.717, 1.165) is 24.8 Å². The van der Waals surface area contributed by atoms with Crippen LogP contribution in [0.3, 0.4) is 0 Å². The molecule has 0 N–H and O–H groups in total. The van der Waals surface area contributed by atoms with Crippen molar-refractivity contribution in [2.75, 3.05) is 4.90 Å². The zero-order valence-electron chi connectivity index (χ0n) is 30.1. The molecule has 4 aliphatic rings. The Morgan fingerprint density at radius 2 is 1.54 bits per heavy atom. The molecule has 0 spiro atoms. The second kappa shape index (κ2) is 11.9. The molecule has 6 aromatic rings. The van der Waals surface area contributed by atoms with E-state index in [4.69, 9.17) is 0 Å². The van der Waals surface area contributed by atoms with Crippen LogP contribution in [-0.4, -0.2) is 11.0 Å². The first-order valence-electron chi connectivity index (χ1n) is 18.8. The fourth-order valence-electron chi connectivity index (χ4n) is 9.19. The minimum atomic E-state index is 0.0964. The third kappa shape index (κ3) is 4.96. The van der Waals surface area contributed by atoms with E-state index in [9.17, 15) is 0 Å². The van der Waals surface area contributed by atoms with Crippen molar-refractivity contribution in [1.29, 1.82) is 0 Å². The first-order chi connectivity index (χ1) is 25.4. The highest BCUT2D eigenvalue weighted by Crippen LogP contribution is 2.48. The lowest BCUT2D eigenvalue weighted by molar-refractivity contribution is 0.590. The van der Waals surface area contributed by atoms with E-state index in [-0.39, 0.29) is 11.5 Å².